The second kappa shape index (κ2) is 11.8. The van der Waals surface area contributed by atoms with Crippen molar-refractivity contribution in [1.82, 2.24) is 39.6 Å². The van der Waals surface area contributed by atoms with Gasteiger partial charge in [-0.1, -0.05) is 37.3 Å². The van der Waals surface area contributed by atoms with Crippen molar-refractivity contribution >= 4 is 23.5 Å². The van der Waals surface area contributed by atoms with Crippen molar-refractivity contribution in [3.63, 3.8) is 0 Å². The molecule has 0 saturated carbocycles. The minimum Gasteiger partial charge on any atom is -0.369 e. The highest BCUT2D eigenvalue weighted by Crippen LogP contribution is 2.25. The summed E-state index contributed by atoms with van der Waals surface area (Å²) in [6.45, 7) is 12.2. The maximum Gasteiger partial charge on any atom is 0.234 e. The number of allylic oxidation sites excluding steroid dienone is 1. The van der Waals surface area contributed by atoms with Crippen LogP contribution in [0.2, 0.25) is 0 Å². The monoisotopic (exact) mass is 514 g/mol. The Labute approximate surface area is 225 Å². The number of anilines is 3. The molecule has 0 aliphatic carbocycles. The zero-order valence-corrected chi connectivity index (χ0v) is 22.9. The smallest absolute Gasteiger partial charge is 0.234 e. The molecule has 0 amide bonds. The number of hydrogen-bond donors (Lipinski definition) is 1. The lowest BCUT2D eigenvalue weighted by atomic mass is 10.1. The van der Waals surface area contributed by atoms with Crippen molar-refractivity contribution in [3.05, 3.63) is 54.0 Å². The first kappa shape index (κ1) is 26.0. The highest BCUT2D eigenvalue weighted by Gasteiger charge is 2.19. The maximum atomic E-state index is 4.77. The molecule has 2 saturated heterocycles. The Hall–Kier alpha value is -3.63. The number of aromatic nitrogens is 5. The van der Waals surface area contributed by atoms with Crippen LogP contribution in [0.1, 0.15) is 25.2 Å². The predicted octanol–water partition coefficient (Wildman–Crippen LogP) is 2.99. The molecule has 0 atom stereocenters. The SMILES string of the molecule is CC=C(c1ccc(-c2ccnc(Nc3nc(CC)nc(N4CCN(C)CC4)n3)n2)cc1)N1CCN(C)CC1. The fourth-order valence-electron chi connectivity index (χ4n) is 4.84. The highest BCUT2D eigenvalue weighted by molar-refractivity contribution is 5.68. The first-order valence-electron chi connectivity index (χ1n) is 13.5. The van der Waals surface area contributed by atoms with E-state index in [2.05, 4.69) is 98.2 Å². The minimum absolute atomic E-state index is 0.468. The second-order valence-electron chi connectivity index (χ2n) is 9.95. The van der Waals surface area contributed by atoms with Gasteiger partial charge in [0.25, 0.3) is 0 Å². The van der Waals surface area contributed by atoms with Crippen LogP contribution in [-0.4, -0.2) is 106 Å². The molecule has 38 heavy (non-hydrogen) atoms. The van der Waals surface area contributed by atoms with Gasteiger partial charge in [-0.15, -0.1) is 0 Å². The number of nitrogens with zero attached hydrogens (tertiary/aromatic N) is 9. The van der Waals surface area contributed by atoms with E-state index >= 15 is 0 Å². The van der Waals surface area contributed by atoms with Gasteiger partial charge in [0.2, 0.25) is 17.8 Å². The van der Waals surface area contributed by atoms with E-state index in [1.807, 2.05) is 6.07 Å². The van der Waals surface area contributed by atoms with E-state index in [0.29, 0.717) is 17.8 Å². The Bertz CT molecular complexity index is 1240. The van der Waals surface area contributed by atoms with Crippen molar-refractivity contribution in [2.24, 2.45) is 0 Å². The number of piperazine rings is 2. The first-order valence-corrected chi connectivity index (χ1v) is 13.5. The van der Waals surface area contributed by atoms with Gasteiger partial charge in [-0.3, -0.25) is 5.32 Å². The number of hydrogen-bond acceptors (Lipinski definition) is 10. The standard InChI is InChI=1S/C28H38N10/c1-5-24(37-17-13-35(3)14-18-37)22-9-7-21(8-10-22)23-11-12-29-26(30-23)33-27-31-25(6-2)32-28(34-27)38-19-15-36(4)16-20-38/h5,7-12H,6,13-20H2,1-4H3,(H,29,30,31,32,33,34). The number of benzene rings is 1. The molecule has 2 aliphatic rings. The normalized spacial score (nSPS) is 17.6. The molecular weight excluding hydrogens is 476 g/mol. The fourth-order valence-corrected chi connectivity index (χ4v) is 4.84. The molecule has 2 aliphatic heterocycles. The zero-order valence-electron chi connectivity index (χ0n) is 22.9. The molecule has 1 aromatic carbocycles. The lowest BCUT2D eigenvalue weighted by Gasteiger charge is -2.35. The Morgan fingerprint density at radius 2 is 1.50 bits per heavy atom. The zero-order chi connectivity index (χ0) is 26.5. The van der Waals surface area contributed by atoms with Crippen LogP contribution in [0, 0.1) is 0 Å². The van der Waals surface area contributed by atoms with Gasteiger partial charge in [0, 0.05) is 76.2 Å². The van der Waals surface area contributed by atoms with Gasteiger partial charge in [-0.2, -0.15) is 15.0 Å². The summed E-state index contributed by atoms with van der Waals surface area (Å²) >= 11 is 0. The van der Waals surface area contributed by atoms with Gasteiger partial charge >= 0.3 is 0 Å². The van der Waals surface area contributed by atoms with Crippen molar-refractivity contribution in [2.75, 3.05) is 76.7 Å². The number of rotatable bonds is 7. The van der Waals surface area contributed by atoms with Gasteiger partial charge in [-0.05, 0) is 32.6 Å². The summed E-state index contributed by atoms with van der Waals surface area (Å²) in [5, 5.41) is 3.22. The molecule has 0 bridgehead atoms. The van der Waals surface area contributed by atoms with Crippen LogP contribution in [0.25, 0.3) is 17.0 Å². The van der Waals surface area contributed by atoms with Gasteiger partial charge < -0.3 is 19.6 Å². The molecule has 0 spiro atoms. The summed E-state index contributed by atoms with van der Waals surface area (Å²) in [6.07, 6.45) is 4.71. The predicted molar refractivity (Wildman–Crippen MR) is 152 cm³/mol. The fraction of sp³-hybridized carbons (Fsp3) is 0.464. The Kier molecular flexibility index (Phi) is 8.09. The Morgan fingerprint density at radius 3 is 2.16 bits per heavy atom. The molecule has 2 aromatic heterocycles. The molecule has 3 aromatic rings. The lowest BCUT2D eigenvalue weighted by molar-refractivity contribution is 0.207. The van der Waals surface area contributed by atoms with E-state index in [0.717, 1.165) is 75.9 Å². The molecule has 2 fully saturated rings. The summed E-state index contributed by atoms with van der Waals surface area (Å²) in [5.74, 6) is 2.40. The molecule has 1 N–H and O–H groups in total. The van der Waals surface area contributed by atoms with Crippen molar-refractivity contribution in [2.45, 2.75) is 20.3 Å². The molecule has 200 valence electrons. The van der Waals surface area contributed by atoms with Gasteiger partial charge in [0.1, 0.15) is 5.82 Å². The highest BCUT2D eigenvalue weighted by atomic mass is 15.3. The van der Waals surface area contributed by atoms with E-state index in [-0.39, 0.29) is 0 Å². The lowest BCUT2D eigenvalue weighted by Crippen LogP contribution is -2.45. The summed E-state index contributed by atoms with van der Waals surface area (Å²) in [7, 11) is 4.32. The molecule has 5 rings (SSSR count). The average molecular weight is 515 g/mol. The van der Waals surface area contributed by atoms with E-state index in [1.54, 1.807) is 6.20 Å². The maximum absolute atomic E-state index is 4.77. The van der Waals surface area contributed by atoms with Crippen LogP contribution < -0.4 is 10.2 Å². The van der Waals surface area contributed by atoms with Crippen LogP contribution in [0.3, 0.4) is 0 Å². The molecular formula is C28H38N10. The van der Waals surface area contributed by atoms with Crippen LogP contribution in [0.15, 0.2) is 42.6 Å². The van der Waals surface area contributed by atoms with Crippen molar-refractivity contribution < 1.29 is 0 Å². The average Bonchev–Trinajstić information content (AvgIpc) is 2.95. The minimum atomic E-state index is 0.468. The van der Waals surface area contributed by atoms with Crippen molar-refractivity contribution in [3.8, 4) is 11.3 Å². The van der Waals surface area contributed by atoms with E-state index in [1.165, 1.54) is 11.3 Å². The van der Waals surface area contributed by atoms with E-state index in [4.69, 9.17) is 9.97 Å². The Balaban J connectivity index is 1.32. The second-order valence-corrected chi connectivity index (χ2v) is 9.95. The van der Waals surface area contributed by atoms with E-state index in [9.17, 15) is 0 Å². The molecule has 4 heterocycles. The van der Waals surface area contributed by atoms with Crippen LogP contribution >= 0.6 is 0 Å². The largest absolute Gasteiger partial charge is 0.369 e. The number of aryl methyl sites for hydroxylation is 1. The topological polar surface area (TPSA) is 89.4 Å². The van der Waals surface area contributed by atoms with E-state index < -0.39 is 0 Å². The molecule has 10 heteroatoms. The van der Waals surface area contributed by atoms with Gasteiger partial charge in [-0.25, -0.2) is 9.97 Å². The van der Waals surface area contributed by atoms with Gasteiger partial charge in [0.05, 0.1) is 5.69 Å². The summed E-state index contributed by atoms with van der Waals surface area (Å²) < 4.78 is 0. The number of nitrogens with one attached hydrogen (secondary N) is 1. The molecule has 0 unspecified atom stereocenters. The van der Waals surface area contributed by atoms with Gasteiger partial charge in [0.15, 0.2) is 0 Å². The quantitative estimate of drug-likeness (QED) is 0.508. The Morgan fingerprint density at radius 1 is 0.816 bits per heavy atom. The van der Waals surface area contributed by atoms with Crippen LogP contribution in [0.4, 0.5) is 17.8 Å². The third-order valence-electron chi connectivity index (χ3n) is 7.25. The molecule has 10 nitrogen and oxygen atoms in total. The molecule has 0 radical (unpaired) electrons. The third-order valence-corrected chi connectivity index (χ3v) is 7.25. The van der Waals surface area contributed by atoms with Crippen LogP contribution in [-0.2, 0) is 6.42 Å². The summed E-state index contributed by atoms with van der Waals surface area (Å²) in [5.41, 5.74) is 4.39. The van der Waals surface area contributed by atoms with Crippen molar-refractivity contribution in [1.29, 1.82) is 0 Å². The first-order chi connectivity index (χ1) is 18.5. The number of likely N-dealkylation sites (N-methyl/N-ethyl adjacent to an activating group) is 2. The third kappa shape index (κ3) is 6.08. The summed E-state index contributed by atoms with van der Waals surface area (Å²) in [6, 6.07) is 10.5. The van der Waals surface area contributed by atoms with Crippen LogP contribution in [0.5, 0.6) is 0 Å². The summed E-state index contributed by atoms with van der Waals surface area (Å²) in [4.78, 5) is 32.5.